The van der Waals surface area contributed by atoms with E-state index in [9.17, 15) is 0 Å². The summed E-state index contributed by atoms with van der Waals surface area (Å²) in [4.78, 5) is 0. The van der Waals surface area contributed by atoms with Gasteiger partial charge in [0, 0.05) is 0 Å². The first-order valence-electron chi connectivity index (χ1n) is 4.49. The topological polar surface area (TPSA) is 0 Å². The Bertz CT molecular complexity index is 271. The Balaban J connectivity index is 3.00. The largest absolute Gasteiger partial charge is 0.0955 e. The number of hydrogen-bond donors (Lipinski definition) is 0. The highest BCUT2D eigenvalue weighted by Gasteiger charge is 1.99. The highest BCUT2D eigenvalue weighted by molar-refractivity contribution is 5.64. The van der Waals surface area contributed by atoms with Gasteiger partial charge in [-0.1, -0.05) is 49.8 Å². The fourth-order valence-corrected chi connectivity index (χ4v) is 1.42. The smallest absolute Gasteiger partial charge is 0.0201 e. The molecule has 64 valence electrons. The van der Waals surface area contributed by atoms with Gasteiger partial charge in [-0.15, -0.1) is 0 Å². The SMILES string of the molecule is C=C(C)c1ccccc1CCC. The van der Waals surface area contributed by atoms with Crippen LogP contribution in [-0.4, -0.2) is 0 Å². The van der Waals surface area contributed by atoms with Gasteiger partial charge in [0.15, 0.2) is 0 Å². The van der Waals surface area contributed by atoms with Gasteiger partial charge in [-0.25, -0.2) is 0 Å². The third kappa shape index (κ3) is 1.97. The van der Waals surface area contributed by atoms with E-state index in [0.717, 1.165) is 6.42 Å². The molecule has 0 fully saturated rings. The highest BCUT2D eigenvalue weighted by Crippen LogP contribution is 2.17. The summed E-state index contributed by atoms with van der Waals surface area (Å²) < 4.78 is 0. The number of hydrogen-bond acceptors (Lipinski definition) is 0. The maximum absolute atomic E-state index is 3.97. The van der Waals surface area contributed by atoms with Crippen LogP contribution >= 0.6 is 0 Å². The Morgan fingerprint density at radius 3 is 2.58 bits per heavy atom. The average molecular weight is 160 g/mol. The van der Waals surface area contributed by atoms with Crippen molar-refractivity contribution < 1.29 is 0 Å². The van der Waals surface area contributed by atoms with E-state index in [-0.39, 0.29) is 0 Å². The molecule has 0 saturated heterocycles. The van der Waals surface area contributed by atoms with Gasteiger partial charge in [-0.3, -0.25) is 0 Å². The lowest BCUT2D eigenvalue weighted by Crippen LogP contribution is -1.89. The van der Waals surface area contributed by atoms with Crippen molar-refractivity contribution in [2.24, 2.45) is 0 Å². The zero-order valence-electron chi connectivity index (χ0n) is 7.93. The molecular formula is C12H16. The average Bonchev–Trinajstić information content (AvgIpc) is 2.05. The third-order valence-corrected chi connectivity index (χ3v) is 2.00. The van der Waals surface area contributed by atoms with E-state index in [4.69, 9.17) is 0 Å². The van der Waals surface area contributed by atoms with Crippen LogP contribution in [0.5, 0.6) is 0 Å². The molecule has 0 saturated carbocycles. The monoisotopic (exact) mass is 160 g/mol. The first kappa shape index (κ1) is 9.05. The maximum Gasteiger partial charge on any atom is -0.0201 e. The van der Waals surface area contributed by atoms with Crippen molar-refractivity contribution in [3.8, 4) is 0 Å². The van der Waals surface area contributed by atoms with Crippen LogP contribution in [0.15, 0.2) is 30.8 Å². The van der Waals surface area contributed by atoms with Gasteiger partial charge in [0.1, 0.15) is 0 Å². The second-order valence-electron chi connectivity index (χ2n) is 3.19. The van der Waals surface area contributed by atoms with Gasteiger partial charge in [0.05, 0.1) is 0 Å². The van der Waals surface area contributed by atoms with Crippen LogP contribution in [0.1, 0.15) is 31.4 Å². The van der Waals surface area contributed by atoms with Crippen LogP contribution in [0.3, 0.4) is 0 Å². The predicted molar refractivity (Wildman–Crippen MR) is 55.1 cm³/mol. The van der Waals surface area contributed by atoms with Crippen molar-refractivity contribution in [1.29, 1.82) is 0 Å². The Hall–Kier alpha value is -1.04. The summed E-state index contributed by atoms with van der Waals surface area (Å²) in [5, 5.41) is 0. The molecule has 0 N–H and O–H groups in total. The number of rotatable bonds is 3. The summed E-state index contributed by atoms with van der Waals surface area (Å²) in [5.74, 6) is 0. The van der Waals surface area contributed by atoms with E-state index in [1.807, 2.05) is 0 Å². The molecule has 0 heteroatoms. The van der Waals surface area contributed by atoms with E-state index < -0.39 is 0 Å². The molecule has 0 aliphatic carbocycles. The Kier molecular flexibility index (Phi) is 3.09. The van der Waals surface area contributed by atoms with Crippen molar-refractivity contribution in [2.45, 2.75) is 26.7 Å². The molecular weight excluding hydrogens is 144 g/mol. The maximum atomic E-state index is 3.97. The van der Waals surface area contributed by atoms with Gasteiger partial charge in [0.2, 0.25) is 0 Å². The molecule has 1 aromatic carbocycles. The molecule has 0 spiro atoms. The molecule has 0 amide bonds. The lowest BCUT2D eigenvalue weighted by molar-refractivity contribution is 0.918. The summed E-state index contributed by atoms with van der Waals surface area (Å²) in [6.45, 7) is 8.24. The normalized spacial score (nSPS) is 9.83. The van der Waals surface area contributed by atoms with Crippen LogP contribution in [-0.2, 0) is 6.42 Å². The zero-order chi connectivity index (χ0) is 8.97. The van der Waals surface area contributed by atoms with Gasteiger partial charge in [-0.05, 0) is 24.5 Å². The van der Waals surface area contributed by atoms with E-state index in [2.05, 4.69) is 44.7 Å². The first-order chi connectivity index (χ1) is 5.75. The van der Waals surface area contributed by atoms with Crippen LogP contribution in [0.25, 0.3) is 5.57 Å². The quantitative estimate of drug-likeness (QED) is 0.633. The number of allylic oxidation sites excluding steroid dienone is 1. The fraction of sp³-hybridized carbons (Fsp3) is 0.333. The van der Waals surface area contributed by atoms with Crippen LogP contribution in [0.4, 0.5) is 0 Å². The zero-order valence-corrected chi connectivity index (χ0v) is 7.93. The van der Waals surface area contributed by atoms with Crippen molar-refractivity contribution in [3.05, 3.63) is 42.0 Å². The van der Waals surface area contributed by atoms with E-state index in [1.165, 1.54) is 23.1 Å². The van der Waals surface area contributed by atoms with Crippen LogP contribution < -0.4 is 0 Å². The molecule has 1 aromatic rings. The van der Waals surface area contributed by atoms with Gasteiger partial charge in [0.25, 0.3) is 0 Å². The molecule has 0 aliphatic rings. The molecule has 0 unspecified atom stereocenters. The molecule has 0 nitrogen and oxygen atoms in total. The minimum Gasteiger partial charge on any atom is -0.0955 e. The summed E-state index contributed by atoms with van der Waals surface area (Å²) in [7, 11) is 0. The van der Waals surface area contributed by atoms with Crippen molar-refractivity contribution in [3.63, 3.8) is 0 Å². The minimum absolute atomic E-state index is 1.16. The van der Waals surface area contributed by atoms with Crippen LogP contribution in [0.2, 0.25) is 0 Å². The standard InChI is InChI=1S/C12H16/c1-4-7-11-8-5-6-9-12(11)10(2)3/h5-6,8-9H,2,4,7H2,1,3H3. The molecule has 12 heavy (non-hydrogen) atoms. The molecule has 1 rings (SSSR count). The van der Waals surface area contributed by atoms with E-state index in [1.54, 1.807) is 0 Å². The molecule has 0 heterocycles. The third-order valence-electron chi connectivity index (χ3n) is 2.00. The van der Waals surface area contributed by atoms with E-state index in [0.29, 0.717) is 0 Å². The second-order valence-corrected chi connectivity index (χ2v) is 3.19. The van der Waals surface area contributed by atoms with Crippen molar-refractivity contribution >= 4 is 5.57 Å². The summed E-state index contributed by atoms with van der Waals surface area (Å²) in [6.07, 6.45) is 2.35. The molecule has 0 bridgehead atoms. The summed E-state index contributed by atoms with van der Waals surface area (Å²) in [5.41, 5.74) is 3.91. The Labute approximate surface area is 74.9 Å². The first-order valence-corrected chi connectivity index (χ1v) is 4.49. The molecule has 0 aliphatic heterocycles. The Morgan fingerprint density at radius 1 is 1.33 bits per heavy atom. The highest BCUT2D eigenvalue weighted by atomic mass is 14.0. The second kappa shape index (κ2) is 4.10. The molecule has 0 aromatic heterocycles. The summed E-state index contributed by atoms with van der Waals surface area (Å²) >= 11 is 0. The van der Waals surface area contributed by atoms with Crippen molar-refractivity contribution in [2.75, 3.05) is 0 Å². The van der Waals surface area contributed by atoms with Gasteiger partial charge >= 0.3 is 0 Å². The predicted octanol–water partition coefficient (Wildman–Crippen LogP) is 3.67. The van der Waals surface area contributed by atoms with E-state index >= 15 is 0 Å². The fourth-order valence-electron chi connectivity index (χ4n) is 1.42. The molecule has 0 atom stereocenters. The minimum atomic E-state index is 1.16. The Morgan fingerprint density at radius 2 is 2.00 bits per heavy atom. The summed E-state index contributed by atoms with van der Waals surface area (Å²) in [6, 6.07) is 8.50. The lowest BCUT2D eigenvalue weighted by Gasteiger charge is -2.06. The van der Waals surface area contributed by atoms with Crippen molar-refractivity contribution in [1.82, 2.24) is 0 Å². The number of aryl methyl sites for hydroxylation is 1. The lowest BCUT2D eigenvalue weighted by atomic mass is 9.99. The van der Waals surface area contributed by atoms with Gasteiger partial charge in [-0.2, -0.15) is 0 Å². The van der Waals surface area contributed by atoms with Crippen LogP contribution in [0, 0.1) is 0 Å². The number of benzene rings is 1. The molecule has 0 radical (unpaired) electrons. The van der Waals surface area contributed by atoms with Gasteiger partial charge < -0.3 is 0 Å².